The fraction of sp³-hybridized carbons (Fsp3) is 0.357. The molecular weight excluding hydrogens is 226 g/mol. The van der Waals surface area contributed by atoms with Gasteiger partial charge in [0.15, 0.2) is 0 Å². The number of para-hydroxylation sites is 1. The van der Waals surface area contributed by atoms with E-state index in [2.05, 4.69) is 23.6 Å². The van der Waals surface area contributed by atoms with Crippen molar-refractivity contribution >= 4 is 17.7 Å². The molecule has 1 amide bonds. The van der Waals surface area contributed by atoms with Gasteiger partial charge in [-0.1, -0.05) is 30.9 Å². The number of benzene rings is 1. The van der Waals surface area contributed by atoms with E-state index >= 15 is 0 Å². The number of carbonyl (C=O) groups is 1. The Morgan fingerprint density at radius 2 is 1.94 bits per heavy atom. The second kappa shape index (κ2) is 5.69. The number of hydrogen-bond acceptors (Lipinski definition) is 3. The minimum absolute atomic E-state index is 0.0339. The highest BCUT2D eigenvalue weighted by Gasteiger charge is 2.20. The normalized spacial score (nSPS) is 15.6. The molecule has 1 heterocycles. The summed E-state index contributed by atoms with van der Waals surface area (Å²) in [6.45, 7) is 7.10. The van der Waals surface area contributed by atoms with Crippen molar-refractivity contribution in [3.63, 3.8) is 0 Å². The number of rotatable bonds is 3. The molecule has 1 aliphatic heterocycles. The summed E-state index contributed by atoms with van der Waals surface area (Å²) in [6.07, 6.45) is 1.87. The van der Waals surface area contributed by atoms with Crippen molar-refractivity contribution in [1.29, 1.82) is 0 Å². The van der Waals surface area contributed by atoms with Gasteiger partial charge >= 0.3 is 0 Å². The third-order valence-electron chi connectivity index (χ3n) is 3.30. The maximum atomic E-state index is 11.5. The molecule has 0 aromatic heterocycles. The molecule has 4 heteroatoms. The molecule has 0 aliphatic carbocycles. The number of amides is 1. The van der Waals surface area contributed by atoms with Gasteiger partial charge in [0, 0.05) is 31.9 Å². The molecular formula is C14H19N3O. The van der Waals surface area contributed by atoms with Crippen LogP contribution in [0.2, 0.25) is 0 Å². The van der Waals surface area contributed by atoms with Gasteiger partial charge in [-0.15, -0.1) is 0 Å². The molecule has 1 fully saturated rings. The second-order valence-electron chi connectivity index (χ2n) is 4.33. The molecule has 1 saturated heterocycles. The lowest BCUT2D eigenvalue weighted by molar-refractivity contribution is -0.129. The van der Waals surface area contributed by atoms with Gasteiger partial charge in [-0.2, -0.15) is 0 Å². The van der Waals surface area contributed by atoms with Crippen LogP contribution in [0, 0.1) is 0 Å². The summed E-state index contributed by atoms with van der Waals surface area (Å²) in [6, 6.07) is 8.19. The molecule has 0 unspecified atom stereocenters. The molecule has 1 aliphatic rings. The number of nitrogens with two attached hydrogens (primary N) is 1. The Morgan fingerprint density at radius 3 is 2.56 bits per heavy atom. The molecule has 1 aromatic carbocycles. The number of piperazine rings is 1. The van der Waals surface area contributed by atoms with E-state index in [1.165, 1.54) is 5.69 Å². The van der Waals surface area contributed by atoms with Crippen LogP contribution in [0.25, 0.3) is 6.08 Å². The minimum Gasteiger partial charge on any atom is -0.367 e. The first-order valence-corrected chi connectivity index (χ1v) is 6.20. The van der Waals surface area contributed by atoms with Crippen molar-refractivity contribution in [2.45, 2.75) is 0 Å². The maximum Gasteiger partial charge on any atom is 0.236 e. The quantitative estimate of drug-likeness (QED) is 0.862. The fourth-order valence-corrected chi connectivity index (χ4v) is 2.27. The summed E-state index contributed by atoms with van der Waals surface area (Å²) in [5.74, 6) is 0.0339. The summed E-state index contributed by atoms with van der Waals surface area (Å²) >= 11 is 0. The van der Waals surface area contributed by atoms with Crippen molar-refractivity contribution < 1.29 is 4.79 Å². The minimum atomic E-state index is 0.0339. The van der Waals surface area contributed by atoms with Crippen molar-refractivity contribution in [3.05, 3.63) is 36.4 Å². The monoisotopic (exact) mass is 245 g/mol. The lowest BCUT2D eigenvalue weighted by atomic mass is 10.1. The highest BCUT2D eigenvalue weighted by atomic mass is 16.2. The molecule has 0 radical (unpaired) electrons. The Morgan fingerprint density at radius 1 is 1.28 bits per heavy atom. The number of hydrogen-bond donors (Lipinski definition) is 1. The van der Waals surface area contributed by atoms with Crippen LogP contribution in [0.3, 0.4) is 0 Å². The summed E-state index contributed by atoms with van der Waals surface area (Å²) in [4.78, 5) is 15.6. The van der Waals surface area contributed by atoms with Crippen molar-refractivity contribution in [2.75, 3.05) is 37.6 Å². The van der Waals surface area contributed by atoms with E-state index < -0.39 is 0 Å². The zero-order valence-corrected chi connectivity index (χ0v) is 10.5. The van der Waals surface area contributed by atoms with Crippen LogP contribution in [0.5, 0.6) is 0 Å². The van der Waals surface area contributed by atoms with Crippen molar-refractivity contribution in [2.24, 2.45) is 5.73 Å². The lowest BCUT2D eigenvalue weighted by Crippen LogP contribution is -2.50. The standard InChI is InChI=1S/C14H19N3O/c1-2-12-5-3-4-6-13(12)16-7-9-17(10-8-16)14(18)11-15/h2-6H,1,7-11,15H2. The molecule has 0 bridgehead atoms. The van der Waals surface area contributed by atoms with E-state index in [1.807, 2.05) is 23.1 Å². The topological polar surface area (TPSA) is 49.6 Å². The van der Waals surface area contributed by atoms with E-state index in [0.717, 1.165) is 31.7 Å². The molecule has 96 valence electrons. The van der Waals surface area contributed by atoms with Gasteiger partial charge in [-0.3, -0.25) is 4.79 Å². The highest BCUT2D eigenvalue weighted by molar-refractivity contribution is 5.78. The third-order valence-corrected chi connectivity index (χ3v) is 3.30. The Balaban J connectivity index is 2.05. The van der Waals surface area contributed by atoms with Crippen LogP contribution in [0.15, 0.2) is 30.8 Å². The summed E-state index contributed by atoms with van der Waals surface area (Å²) < 4.78 is 0. The number of carbonyl (C=O) groups excluding carboxylic acids is 1. The molecule has 4 nitrogen and oxygen atoms in total. The summed E-state index contributed by atoms with van der Waals surface area (Å²) in [7, 11) is 0. The predicted octanol–water partition coefficient (Wildman–Crippen LogP) is 0.937. The lowest BCUT2D eigenvalue weighted by Gasteiger charge is -2.36. The van der Waals surface area contributed by atoms with Gasteiger partial charge in [0.25, 0.3) is 0 Å². The smallest absolute Gasteiger partial charge is 0.236 e. The van der Waals surface area contributed by atoms with Gasteiger partial charge in [0.1, 0.15) is 0 Å². The molecule has 2 rings (SSSR count). The van der Waals surface area contributed by atoms with Crippen molar-refractivity contribution in [3.8, 4) is 0 Å². The number of anilines is 1. The van der Waals surface area contributed by atoms with Crippen LogP contribution in [-0.4, -0.2) is 43.5 Å². The van der Waals surface area contributed by atoms with E-state index in [-0.39, 0.29) is 12.5 Å². The van der Waals surface area contributed by atoms with E-state index in [0.29, 0.717) is 0 Å². The Hall–Kier alpha value is -1.81. The van der Waals surface area contributed by atoms with Gasteiger partial charge in [0.05, 0.1) is 6.54 Å². The zero-order chi connectivity index (χ0) is 13.0. The first kappa shape index (κ1) is 12.6. The van der Waals surface area contributed by atoms with E-state index in [9.17, 15) is 4.79 Å². The van der Waals surface area contributed by atoms with Crippen LogP contribution < -0.4 is 10.6 Å². The number of nitrogens with zero attached hydrogens (tertiary/aromatic N) is 2. The molecule has 0 spiro atoms. The average molecular weight is 245 g/mol. The molecule has 2 N–H and O–H groups in total. The third kappa shape index (κ3) is 2.54. The van der Waals surface area contributed by atoms with E-state index in [1.54, 1.807) is 0 Å². The van der Waals surface area contributed by atoms with Crippen LogP contribution >= 0.6 is 0 Å². The summed E-state index contributed by atoms with van der Waals surface area (Å²) in [5, 5.41) is 0. The zero-order valence-electron chi connectivity index (χ0n) is 10.5. The SMILES string of the molecule is C=Cc1ccccc1N1CCN(C(=O)CN)CC1. The second-order valence-corrected chi connectivity index (χ2v) is 4.33. The summed E-state index contributed by atoms with van der Waals surface area (Å²) in [5.41, 5.74) is 7.70. The first-order chi connectivity index (χ1) is 8.76. The van der Waals surface area contributed by atoms with Crippen LogP contribution in [-0.2, 0) is 4.79 Å². The van der Waals surface area contributed by atoms with Gasteiger partial charge in [-0.05, 0) is 11.6 Å². The first-order valence-electron chi connectivity index (χ1n) is 6.20. The van der Waals surface area contributed by atoms with Gasteiger partial charge < -0.3 is 15.5 Å². The molecule has 1 aromatic rings. The van der Waals surface area contributed by atoms with Crippen LogP contribution in [0.1, 0.15) is 5.56 Å². The maximum absolute atomic E-state index is 11.5. The van der Waals surface area contributed by atoms with E-state index in [4.69, 9.17) is 5.73 Å². The fourth-order valence-electron chi connectivity index (χ4n) is 2.27. The Bertz CT molecular complexity index is 436. The van der Waals surface area contributed by atoms with Gasteiger partial charge in [-0.25, -0.2) is 0 Å². The average Bonchev–Trinajstić information content (AvgIpc) is 2.46. The predicted molar refractivity (Wildman–Crippen MR) is 74.4 cm³/mol. The Labute approximate surface area is 108 Å². The van der Waals surface area contributed by atoms with Crippen LogP contribution in [0.4, 0.5) is 5.69 Å². The van der Waals surface area contributed by atoms with Crippen molar-refractivity contribution in [1.82, 2.24) is 4.90 Å². The Kier molecular flexibility index (Phi) is 3.99. The molecule has 0 saturated carbocycles. The highest BCUT2D eigenvalue weighted by Crippen LogP contribution is 2.22. The van der Waals surface area contributed by atoms with Gasteiger partial charge in [0.2, 0.25) is 5.91 Å². The molecule has 0 atom stereocenters. The molecule has 18 heavy (non-hydrogen) atoms. The largest absolute Gasteiger partial charge is 0.367 e.